The fourth-order valence-electron chi connectivity index (χ4n) is 4.28. The molecule has 0 unspecified atom stereocenters. The van der Waals surface area contributed by atoms with Crippen LogP contribution in [0.25, 0.3) is 22.7 Å². The highest BCUT2D eigenvalue weighted by atomic mass is 79.9. The van der Waals surface area contributed by atoms with Crippen molar-refractivity contribution in [3.63, 3.8) is 0 Å². The first-order valence-corrected chi connectivity index (χ1v) is 12.9. The minimum absolute atomic E-state index is 0.0100. The van der Waals surface area contributed by atoms with Gasteiger partial charge in [-0.25, -0.2) is 24.9 Å². The number of fused-ring (bicyclic) bond motifs is 1. The molecule has 0 bridgehead atoms. The molecule has 39 heavy (non-hydrogen) atoms. The van der Waals surface area contributed by atoms with Gasteiger partial charge >= 0.3 is 6.18 Å². The van der Waals surface area contributed by atoms with Gasteiger partial charge in [0.25, 0.3) is 0 Å². The van der Waals surface area contributed by atoms with E-state index in [0.717, 1.165) is 36.0 Å². The highest BCUT2D eigenvalue weighted by molar-refractivity contribution is 9.10. The third-order valence-electron chi connectivity index (χ3n) is 6.32. The molecular weight excluding hydrogens is 575 g/mol. The second-order valence-electron chi connectivity index (χ2n) is 9.14. The number of methoxy groups -OCH3 is 1. The van der Waals surface area contributed by atoms with E-state index in [1.807, 2.05) is 28.8 Å². The summed E-state index contributed by atoms with van der Waals surface area (Å²) in [7, 11) is 1.61. The Bertz CT molecular complexity index is 1670. The van der Waals surface area contributed by atoms with E-state index >= 15 is 0 Å². The number of nitrogens with one attached hydrogen (secondary N) is 1. The molecule has 1 aromatic carbocycles. The van der Waals surface area contributed by atoms with Gasteiger partial charge in [-0.05, 0) is 70.7 Å². The lowest BCUT2D eigenvalue weighted by atomic mass is 10.2. The van der Waals surface area contributed by atoms with Gasteiger partial charge in [0.05, 0.1) is 13.7 Å². The summed E-state index contributed by atoms with van der Waals surface area (Å²) in [5.41, 5.74) is 1.71. The van der Waals surface area contributed by atoms with Crippen molar-refractivity contribution in [1.29, 1.82) is 0 Å². The molecule has 0 saturated heterocycles. The molecular formula is C27H21BrF3N7O. The number of halogens is 4. The summed E-state index contributed by atoms with van der Waals surface area (Å²) < 4.78 is 48.3. The largest absolute Gasteiger partial charge is 0.497 e. The zero-order valence-electron chi connectivity index (χ0n) is 20.6. The lowest BCUT2D eigenvalue weighted by molar-refractivity contribution is -0.141. The molecule has 1 fully saturated rings. The van der Waals surface area contributed by atoms with Gasteiger partial charge in [-0.2, -0.15) is 13.2 Å². The topological polar surface area (TPSA) is 90.6 Å². The smallest absolute Gasteiger partial charge is 0.433 e. The van der Waals surface area contributed by atoms with Crippen molar-refractivity contribution in [3.8, 4) is 17.3 Å². The summed E-state index contributed by atoms with van der Waals surface area (Å²) in [5.74, 6) is 2.30. The third kappa shape index (κ3) is 5.29. The number of hydrogen-bond acceptors (Lipinski definition) is 7. The van der Waals surface area contributed by atoms with Gasteiger partial charge in [-0.15, -0.1) is 0 Å². The number of ether oxygens (including phenoxy) is 1. The van der Waals surface area contributed by atoms with Crippen LogP contribution in [0.5, 0.6) is 5.75 Å². The first-order chi connectivity index (χ1) is 18.8. The molecule has 0 amide bonds. The molecule has 12 heteroatoms. The number of anilines is 2. The van der Waals surface area contributed by atoms with Crippen molar-refractivity contribution in [2.24, 2.45) is 0 Å². The van der Waals surface area contributed by atoms with Gasteiger partial charge in [0.1, 0.15) is 27.6 Å². The van der Waals surface area contributed by atoms with E-state index in [2.05, 4.69) is 36.2 Å². The van der Waals surface area contributed by atoms with Gasteiger partial charge in [0.2, 0.25) is 0 Å². The van der Waals surface area contributed by atoms with Crippen LogP contribution in [-0.4, -0.2) is 36.6 Å². The van der Waals surface area contributed by atoms with Crippen LogP contribution in [0.2, 0.25) is 0 Å². The highest BCUT2D eigenvalue weighted by Gasteiger charge is 2.34. The molecule has 198 valence electrons. The van der Waals surface area contributed by atoms with Gasteiger partial charge in [-0.1, -0.05) is 18.2 Å². The Labute approximate surface area is 229 Å². The van der Waals surface area contributed by atoms with E-state index in [-0.39, 0.29) is 17.4 Å². The number of pyridine rings is 2. The lowest BCUT2D eigenvalue weighted by Gasteiger charge is -2.12. The standard InChI is InChI=1S/C27H21BrF3N7O/c1-39-18-9-5-15(6-10-18)14-38-25(16-7-8-16)35-22-24(33-17-11-12-32-21(28)13-17)36-23(37-26(22)38)19-3-2-4-20(34-19)27(29,30)31/h2-6,9-13,16H,7-8,14H2,1H3,(H,32,33,36,37). The maximum absolute atomic E-state index is 13.5. The summed E-state index contributed by atoms with van der Waals surface area (Å²) in [5, 5.41) is 3.26. The molecule has 0 spiro atoms. The normalized spacial score (nSPS) is 13.6. The van der Waals surface area contributed by atoms with Crippen molar-refractivity contribution >= 4 is 38.6 Å². The molecule has 4 heterocycles. The van der Waals surface area contributed by atoms with Gasteiger partial charge in [-0.3, -0.25) is 0 Å². The third-order valence-corrected chi connectivity index (χ3v) is 6.76. The second-order valence-corrected chi connectivity index (χ2v) is 9.96. The van der Waals surface area contributed by atoms with Crippen molar-refractivity contribution in [2.45, 2.75) is 31.5 Å². The van der Waals surface area contributed by atoms with Gasteiger partial charge in [0.15, 0.2) is 22.8 Å². The molecule has 5 aromatic rings. The molecule has 4 aromatic heterocycles. The monoisotopic (exact) mass is 595 g/mol. The minimum atomic E-state index is -4.60. The number of benzene rings is 1. The van der Waals surface area contributed by atoms with E-state index < -0.39 is 11.9 Å². The Hall–Kier alpha value is -4.06. The Morgan fingerprint density at radius 2 is 1.82 bits per heavy atom. The molecule has 0 radical (unpaired) electrons. The minimum Gasteiger partial charge on any atom is -0.497 e. The SMILES string of the molecule is COc1ccc(Cn2c(C3CC3)nc3c(Nc4ccnc(Br)c4)nc(-c4cccc(C(F)(F)F)n4)nc32)cc1. The Morgan fingerprint density at radius 3 is 2.51 bits per heavy atom. The number of aromatic nitrogens is 6. The van der Waals surface area contributed by atoms with Gasteiger partial charge < -0.3 is 14.6 Å². The fourth-order valence-corrected chi connectivity index (χ4v) is 4.64. The number of hydrogen-bond donors (Lipinski definition) is 1. The summed E-state index contributed by atoms with van der Waals surface area (Å²) >= 11 is 3.36. The van der Waals surface area contributed by atoms with Crippen molar-refractivity contribution in [2.75, 3.05) is 12.4 Å². The second kappa shape index (κ2) is 9.92. The predicted molar refractivity (Wildman–Crippen MR) is 143 cm³/mol. The Balaban J connectivity index is 1.53. The van der Waals surface area contributed by atoms with Crippen LogP contribution in [0.3, 0.4) is 0 Å². The molecule has 1 aliphatic rings. The van der Waals surface area contributed by atoms with Crippen molar-refractivity contribution in [3.05, 3.63) is 82.5 Å². The molecule has 1 N–H and O–H groups in total. The molecule has 1 saturated carbocycles. The molecule has 1 aliphatic carbocycles. The molecule has 0 atom stereocenters. The van der Waals surface area contributed by atoms with Crippen molar-refractivity contribution < 1.29 is 17.9 Å². The number of imidazole rings is 1. The van der Waals surface area contributed by atoms with Crippen LogP contribution in [0.4, 0.5) is 24.7 Å². The van der Waals surface area contributed by atoms with E-state index in [4.69, 9.17) is 14.7 Å². The maximum Gasteiger partial charge on any atom is 0.433 e. The zero-order chi connectivity index (χ0) is 27.1. The summed E-state index contributed by atoms with van der Waals surface area (Å²) in [6.07, 6.45) is -0.972. The van der Waals surface area contributed by atoms with Crippen LogP contribution < -0.4 is 10.1 Å². The Kier molecular flexibility index (Phi) is 6.42. The number of rotatable bonds is 7. The molecule has 0 aliphatic heterocycles. The van der Waals surface area contributed by atoms with Crippen LogP contribution in [0.1, 0.15) is 35.8 Å². The molecule has 8 nitrogen and oxygen atoms in total. The van der Waals surface area contributed by atoms with Crippen molar-refractivity contribution in [1.82, 2.24) is 29.5 Å². The van der Waals surface area contributed by atoms with E-state index in [1.54, 1.807) is 25.4 Å². The number of alkyl halides is 3. The van der Waals surface area contributed by atoms with Crippen LogP contribution >= 0.6 is 15.9 Å². The first kappa shape index (κ1) is 25.2. The Morgan fingerprint density at radius 1 is 1.03 bits per heavy atom. The average Bonchev–Trinajstić information content (AvgIpc) is 3.71. The quantitative estimate of drug-likeness (QED) is 0.208. The van der Waals surface area contributed by atoms with Crippen LogP contribution in [0, 0.1) is 0 Å². The first-order valence-electron chi connectivity index (χ1n) is 12.1. The summed E-state index contributed by atoms with van der Waals surface area (Å²) in [6, 6.07) is 14.9. The van der Waals surface area contributed by atoms with E-state index in [9.17, 15) is 13.2 Å². The van der Waals surface area contributed by atoms with Crippen LogP contribution in [0.15, 0.2) is 65.4 Å². The lowest BCUT2D eigenvalue weighted by Crippen LogP contribution is -2.09. The average molecular weight is 596 g/mol. The van der Waals surface area contributed by atoms with Gasteiger partial charge in [0, 0.05) is 17.8 Å². The van der Waals surface area contributed by atoms with Crippen LogP contribution in [-0.2, 0) is 12.7 Å². The van der Waals surface area contributed by atoms with E-state index in [0.29, 0.717) is 33.8 Å². The summed E-state index contributed by atoms with van der Waals surface area (Å²) in [6.45, 7) is 0.471. The highest BCUT2D eigenvalue weighted by Crippen LogP contribution is 2.42. The zero-order valence-corrected chi connectivity index (χ0v) is 22.2. The maximum atomic E-state index is 13.5. The van der Waals surface area contributed by atoms with E-state index in [1.165, 1.54) is 12.1 Å². The predicted octanol–water partition coefficient (Wildman–Crippen LogP) is 6.74. The number of nitrogens with zero attached hydrogens (tertiary/aromatic N) is 6. The fraction of sp³-hybridized carbons (Fsp3) is 0.222. The molecule has 6 rings (SSSR count). The summed E-state index contributed by atoms with van der Waals surface area (Å²) in [4.78, 5) is 22.2.